The number of benzene rings is 1. The Morgan fingerprint density at radius 2 is 2.16 bits per heavy atom. The Kier molecular flexibility index (Phi) is 5.32. The lowest BCUT2D eigenvalue weighted by Crippen LogP contribution is -2.42. The summed E-state index contributed by atoms with van der Waals surface area (Å²) in [5.74, 6) is 4.10. The van der Waals surface area contributed by atoms with Gasteiger partial charge in [-0.25, -0.2) is 24.8 Å². The molecule has 9 nitrogen and oxygen atoms in total. The summed E-state index contributed by atoms with van der Waals surface area (Å²) in [7, 11) is 0. The van der Waals surface area contributed by atoms with E-state index in [2.05, 4.69) is 20.2 Å². The second kappa shape index (κ2) is 7.26. The van der Waals surface area contributed by atoms with E-state index in [0.29, 0.717) is 5.52 Å². The first kappa shape index (κ1) is 18.3. The Labute approximate surface area is 142 Å². The summed E-state index contributed by atoms with van der Waals surface area (Å²) in [5.41, 5.74) is -0.312. The van der Waals surface area contributed by atoms with Crippen molar-refractivity contribution in [3.05, 3.63) is 29.7 Å². The second-order valence-electron chi connectivity index (χ2n) is 6.06. The van der Waals surface area contributed by atoms with Crippen molar-refractivity contribution in [3.63, 3.8) is 0 Å². The van der Waals surface area contributed by atoms with Crippen LogP contribution in [-0.4, -0.2) is 45.6 Å². The number of fused-ring (bicyclic) bond motifs is 1. The van der Waals surface area contributed by atoms with Crippen LogP contribution < -0.4 is 5.84 Å². The average molecular weight is 351 g/mol. The third-order valence-electron chi connectivity index (χ3n) is 2.83. The van der Waals surface area contributed by atoms with Crippen molar-refractivity contribution in [2.45, 2.75) is 26.4 Å². The number of ether oxygens (including phenoxy) is 1. The lowest BCUT2D eigenvalue weighted by atomic mass is 10.2. The van der Waals surface area contributed by atoms with Gasteiger partial charge in [0.15, 0.2) is 5.69 Å². The van der Waals surface area contributed by atoms with Crippen LogP contribution in [0.4, 0.5) is 9.18 Å². The van der Waals surface area contributed by atoms with Gasteiger partial charge in [-0.2, -0.15) is 5.10 Å². The number of rotatable bonds is 4. The molecule has 0 atom stereocenters. The standard InChI is InChI=1S/C15H18FN5O4/c1-15(2,3)24-14(23)21(17)7-6-18-25-13(22)12-10-8-9(16)4-5-11(10)19-20-12/h4-6,8H,7,17H2,1-3H3,(H,19,20). The van der Waals surface area contributed by atoms with Gasteiger partial charge in [-0.15, -0.1) is 0 Å². The van der Waals surface area contributed by atoms with Gasteiger partial charge < -0.3 is 9.57 Å². The Morgan fingerprint density at radius 3 is 2.84 bits per heavy atom. The molecule has 0 saturated heterocycles. The first-order chi connectivity index (χ1) is 11.7. The molecule has 0 aliphatic heterocycles. The summed E-state index contributed by atoms with van der Waals surface area (Å²) in [6.45, 7) is 4.96. The SMILES string of the molecule is CC(C)(C)OC(=O)N(N)CC=NOC(=O)c1n[nH]c2ccc(F)cc12. The fourth-order valence-corrected chi connectivity index (χ4v) is 1.79. The summed E-state index contributed by atoms with van der Waals surface area (Å²) in [6.07, 6.45) is 0.357. The highest BCUT2D eigenvalue weighted by Crippen LogP contribution is 2.17. The highest BCUT2D eigenvalue weighted by atomic mass is 19.1. The van der Waals surface area contributed by atoms with Crippen LogP contribution in [0, 0.1) is 5.82 Å². The largest absolute Gasteiger partial charge is 0.443 e. The average Bonchev–Trinajstić information content (AvgIpc) is 2.92. The summed E-state index contributed by atoms with van der Waals surface area (Å²) < 4.78 is 18.3. The second-order valence-corrected chi connectivity index (χ2v) is 6.06. The molecule has 0 radical (unpaired) electrons. The fraction of sp³-hybridized carbons (Fsp3) is 0.333. The van der Waals surface area contributed by atoms with Crippen LogP contribution in [0.3, 0.4) is 0 Å². The predicted octanol–water partition coefficient (Wildman–Crippen LogP) is 1.96. The summed E-state index contributed by atoms with van der Waals surface area (Å²) in [4.78, 5) is 28.2. The molecule has 1 aromatic heterocycles. The number of carbonyl (C=O) groups excluding carboxylic acids is 2. The Morgan fingerprint density at radius 1 is 1.44 bits per heavy atom. The molecule has 0 unspecified atom stereocenters. The zero-order chi connectivity index (χ0) is 18.6. The molecule has 0 bridgehead atoms. The molecule has 3 N–H and O–H groups in total. The minimum absolute atomic E-state index is 0.108. The Hall–Kier alpha value is -3.01. The number of hydrogen-bond acceptors (Lipinski definition) is 7. The minimum Gasteiger partial charge on any atom is -0.443 e. The van der Waals surface area contributed by atoms with Crippen LogP contribution in [0.5, 0.6) is 0 Å². The van der Waals surface area contributed by atoms with Crippen molar-refractivity contribution in [3.8, 4) is 0 Å². The van der Waals surface area contributed by atoms with Crippen LogP contribution in [0.15, 0.2) is 23.4 Å². The number of carbonyl (C=O) groups is 2. The molecule has 2 rings (SSSR count). The van der Waals surface area contributed by atoms with Gasteiger partial charge >= 0.3 is 12.1 Å². The molecule has 0 aliphatic carbocycles. The van der Waals surface area contributed by atoms with Crippen LogP contribution >= 0.6 is 0 Å². The van der Waals surface area contributed by atoms with E-state index in [9.17, 15) is 14.0 Å². The van der Waals surface area contributed by atoms with Crippen molar-refractivity contribution in [1.29, 1.82) is 0 Å². The monoisotopic (exact) mass is 351 g/mol. The molecule has 2 aromatic rings. The van der Waals surface area contributed by atoms with Gasteiger partial charge in [0.25, 0.3) is 0 Å². The van der Waals surface area contributed by atoms with E-state index in [4.69, 9.17) is 10.6 Å². The molecule has 134 valence electrons. The van der Waals surface area contributed by atoms with E-state index in [0.717, 1.165) is 17.3 Å². The van der Waals surface area contributed by atoms with Gasteiger partial charge in [0.05, 0.1) is 18.3 Å². The first-order valence-corrected chi connectivity index (χ1v) is 7.29. The van der Waals surface area contributed by atoms with E-state index in [1.165, 1.54) is 12.1 Å². The number of aromatic nitrogens is 2. The maximum absolute atomic E-state index is 13.3. The summed E-state index contributed by atoms with van der Waals surface area (Å²) in [5, 5.41) is 10.8. The molecule has 0 fully saturated rings. The number of nitrogens with zero attached hydrogens (tertiary/aromatic N) is 3. The van der Waals surface area contributed by atoms with E-state index in [1.807, 2.05) is 0 Å². The van der Waals surface area contributed by atoms with Gasteiger partial charge in [-0.05, 0) is 39.0 Å². The van der Waals surface area contributed by atoms with E-state index in [1.54, 1.807) is 20.8 Å². The maximum atomic E-state index is 13.3. The van der Waals surface area contributed by atoms with Crippen LogP contribution in [0.2, 0.25) is 0 Å². The molecule has 0 aliphatic rings. The number of halogens is 1. The van der Waals surface area contributed by atoms with Crippen LogP contribution in [0.25, 0.3) is 10.9 Å². The number of H-pyrrole nitrogens is 1. The number of hydrazine groups is 1. The highest BCUT2D eigenvalue weighted by molar-refractivity contribution is 6.01. The third-order valence-corrected chi connectivity index (χ3v) is 2.83. The molecule has 25 heavy (non-hydrogen) atoms. The smallest absolute Gasteiger partial charge is 0.424 e. The molecule has 1 heterocycles. The van der Waals surface area contributed by atoms with Crippen molar-refractivity contribution < 1.29 is 23.6 Å². The molecular weight excluding hydrogens is 333 g/mol. The lowest BCUT2D eigenvalue weighted by Gasteiger charge is -2.23. The summed E-state index contributed by atoms with van der Waals surface area (Å²) >= 11 is 0. The van der Waals surface area contributed by atoms with E-state index < -0.39 is 23.5 Å². The van der Waals surface area contributed by atoms with E-state index >= 15 is 0 Å². The van der Waals surface area contributed by atoms with Crippen LogP contribution in [0.1, 0.15) is 31.3 Å². The van der Waals surface area contributed by atoms with Crippen LogP contribution in [-0.2, 0) is 9.57 Å². The third kappa shape index (κ3) is 4.98. The van der Waals surface area contributed by atoms with Crippen molar-refractivity contribution >= 4 is 29.2 Å². The van der Waals surface area contributed by atoms with Gasteiger partial charge in [-0.3, -0.25) is 5.10 Å². The molecule has 10 heteroatoms. The topological polar surface area (TPSA) is 123 Å². The number of aromatic amines is 1. The summed E-state index contributed by atoms with van der Waals surface area (Å²) in [6, 6.07) is 3.84. The molecule has 1 aromatic carbocycles. The van der Waals surface area contributed by atoms with E-state index in [-0.39, 0.29) is 17.6 Å². The number of hydrogen-bond donors (Lipinski definition) is 2. The van der Waals surface area contributed by atoms with Gasteiger partial charge in [0.1, 0.15) is 11.4 Å². The molecule has 1 amide bonds. The number of nitrogens with one attached hydrogen (secondary N) is 1. The fourth-order valence-electron chi connectivity index (χ4n) is 1.79. The Balaban J connectivity index is 1.92. The van der Waals surface area contributed by atoms with Crippen molar-refractivity contribution in [1.82, 2.24) is 15.2 Å². The highest BCUT2D eigenvalue weighted by Gasteiger charge is 2.20. The van der Waals surface area contributed by atoms with Gasteiger partial charge in [-0.1, -0.05) is 5.16 Å². The predicted molar refractivity (Wildman–Crippen MR) is 87.1 cm³/mol. The number of amides is 1. The maximum Gasteiger partial charge on any atom is 0.424 e. The molecule has 0 spiro atoms. The number of nitrogens with two attached hydrogens (primary N) is 1. The zero-order valence-electron chi connectivity index (χ0n) is 13.9. The van der Waals surface area contributed by atoms with Crippen molar-refractivity contribution in [2.75, 3.05) is 6.54 Å². The first-order valence-electron chi connectivity index (χ1n) is 7.29. The lowest BCUT2D eigenvalue weighted by molar-refractivity contribution is 0.0278. The zero-order valence-corrected chi connectivity index (χ0v) is 13.9. The molecular formula is C15H18FN5O4. The minimum atomic E-state index is -0.881. The number of oxime groups is 1. The Bertz CT molecular complexity index is 812. The normalized spacial score (nSPS) is 11.7. The van der Waals surface area contributed by atoms with Crippen molar-refractivity contribution in [2.24, 2.45) is 11.0 Å². The van der Waals surface area contributed by atoms with Gasteiger partial charge in [0.2, 0.25) is 0 Å². The van der Waals surface area contributed by atoms with Gasteiger partial charge in [0, 0.05) is 5.39 Å². The molecule has 0 saturated carbocycles. The quantitative estimate of drug-likeness (QED) is 0.285.